The quantitative estimate of drug-likeness (QED) is 0.503. The molecule has 0 fully saturated rings. The smallest absolute Gasteiger partial charge is 0.200 e. The minimum atomic E-state index is -4.87. The van der Waals surface area contributed by atoms with E-state index in [2.05, 4.69) is 6.58 Å². The summed E-state index contributed by atoms with van der Waals surface area (Å²) >= 11 is 0. The van der Waals surface area contributed by atoms with Crippen molar-refractivity contribution in [3.8, 4) is 0 Å². The van der Waals surface area contributed by atoms with Crippen molar-refractivity contribution in [2.24, 2.45) is 0 Å². The topological polar surface area (TPSA) is 0 Å². The van der Waals surface area contributed by atoms with E-state index in [9.17, 15) is 30.7 Å². The normalized spacial score (nSPS) is 14.2. The third kappa shape index (κ3) is 3.55. The molecule has 0 N–H and O–H groups in total. The number of rotatable bonds is 4. The van der Waals surface area contributed by atoms with Crippen LogP contribution in [0.1, 0.15) is 12.8 Å². The van der Waals surface area contributed by atoms with Crippen LogP contribution in [0.2, 0.25) is 0 Å². The molecule has 0 aromatic carbocycles. The number of allylic oxidation sites excluding steroid dienone is 1. The predicted octanol–water partition coefficient (Wildman–Crippen LogP) is 3.79. The average Bonchev–Trinajstić information content (AvgIpc) is 1.99. The monoisotopic (exact) mass is 224 g/mol. The second-order valence-electron chi connectivity index (χ2n) is 2.65. The Kier molecular flexibility index (Phi) is 3.58. The maximum Gasteiger partial charge on any atom is 0.389 e. The Labute approximate surface area is 75.4 Å². The Balaban J connectivity index is 4.42. The van der Waals surface area contributed by atoms with Gasteiger partial charge in [-0.15, -0.1) is 0 Å². The molecular weight excluding hydrogens is 217 g/mol. The van der Waals surface area contributed by atoms with Crippen LogP contribution in [-0.4, -0.2) is 18.0 Å². The van der Waals surface area contributed by atoms with Gasteiger partial charge in [0.1, 0.15) is 0 Å². The molecule has 0 spiro atoms. The lowest BCUT2D eigenvalue weighted by atomic mass is 10.1. The molecule has 0 amide bonds. The lowest BCUT2D eigenvalue weighted by Crippen LogP contribution is -2.39. The molecule has 84 valence electrons. The highest BCUT2D eigenvalue weighted by Crippen LogP contribution is 2.40. The van der Waals surface area contributed by atoms with Crippen molar-refractivity contribution in [1.82, 2.24) is 0 Å². The first-order valence-electron chi connectivity index (χ1n) is 3.48. The first-order valence-corrected chi connectivity index (χ1v) is 3.48. The lowest BCUT2D eigenvalue weighted by Gasteiger charge is -2.23. The lowest BCUT2D eigenvalue weighted by molar-refractivity contribution is -0.205. The van der Waals surface area contributed by atoms with Gasteiger partial charge >= 0.3 is 18.0 Å². The zero-order chi connectivity index (χ0) is 11.6. The molecule has 0 bridgehead atoms. The molecule has 0 atom stereocenters. The van der Waals surface area contributed by atoms with Gasteiger partial charge < -0.3 is 0 Å². The number of alkyl halides is 7. The molecule has 0 aliphatic rings. The molecule has 0 unspecified atom stereocenters. The minimum absolute atomic E-state index is 0.358. The van der Waals surface area contributed by atoms with E-state index >= 15 is 0 Å². The van der Waals surface area contributed by atoms with Gasteiger partial charge in [-0.05, 0) is 6.08 Å². The Morgan fingerprint density at radius 1 is 0.857 bits per heavy atom. The first-order chi connectivity index (χ1) is 6.02. The minimum Gasteiger partial charge on any atom is -0.200 e. The molecule has 14 heavy (non-hydrogen) atoms. The highest BCUT2D eigenvalue weighted by atomic mass is 19.4. The van der Waals surface area contributed by atoms with Gasteiger partial charge in [-0.1, -0.05) is 6.58 Å². The van der Waals surface area contributed by atoms with Crippen LogP contribution in [0.5, 0.6) is 0 Å². The predicted molar refractivity (Wildman–Crippen MR) is 35.4 cm³/mol. The van der Waals surface area contributed by atoms with Gasteiger partial charge in [0.25, 0.3) is 0 Å². The second-order valence-corrected chi connectivity index (χ2v) is 2.65. The summed E-state index contributed by atoms with van der Waals surface area (Å²) in [6.07, 6.45) is -9.14. The van der Waals surface area contributed by atoms with Crippen LogP contribution in [0.4, 0.5) is 30.7 Å². The Hall–Kier alpha value is -0.750. The summed E-state index contributed by atoms with van der Waals surface area (Å²) < 4.78 is 83.8. The van der Waals surface area contributed by atoms with Crippen LogP contribution in [-0.2, 0) is 0 Å². The highest BCUT2D eigenvalue weighted by molar-refractivity contribution is 4.98. The number of hydrogen-bond donors (Lipinski definition) is 0. The van der Waals surface area contributed by atoms with Crippen molar-refractivity contribution in [3.05, 3.63) is 12.7 Å². The molecule has 0 radical (unpaired) electrons. The SMILES string of the molecule is C=CC(F)(F)C(F)(F)CCC(F)(F)F. The van der Waals surface area contributed by atoms with E-state index < -0.39 is 30.9 Å². The van der Waals surface area contributed by atoms with Crippen LogP contribution in [0.3, 0.4) is 0 Å². The van der Waals surface area contributed by atoms with Gasteiger partial charge in [0.05, 0.1) is 0 Å². The number of halogens is 7. The Morgan fingerprint density at radius 3 is 1.57 bits per heavy atom. The van der Waals surface area contributed by atoms with Crippen LogP contribution in [0.15, 0.2) is 12.7 Å². The fourth-order valence-electron chi connectivity index (χ4n) is 0.615. The van der Waals surface area contributed by atoms with Gasteiger partial charge in [0.15, 0.2) is 0 Å². The van der Waals surface area contributed by atoms with Gasteiger partial charge in [-0.3, -0.25) is 0 Å². The summed E-state index contributed by atoms with van der Waals surface area (Å²) in [5, 5.41) is 0. The molecule has 0 heterocycles. The van der Waals surface area contributed by atoms with Crippen molar-refractivity contribution < 1.29 is 30.7 Å². The van der Waals surface area contributed by atoms with E-state index in [1.165, 1.54) is 0 Å². The summed E-state index contributed by atoms with van der Waals surface area (Å²) in [7, 11) is 0. The van der Waals surface area contributed by atoms with Crippen LogP contribution in [0, 0.1) is 0 Å². The average molecular weight is 224 g/mol. The molecule has 0 aromatic rings. The third-order valence-electron chi connectivity index (χ3n) is 1.47. The standard InChI is InChI=1S/C7H7F7/c1-2-5(8,9)6(10,11)3-4-7(12,13)14/h2H,1,3-4H2. The van der Waals surface area contributed by atoms with Crippen molar-refractivity contribution in [3.63, 3.8) is 0 Å². The summed E-state index contributed by atoms with van der Waals surface area (Å²) in [6.45, 7) is 2.43. The van der Waals surface area contributed by atoms with E-state index in [4.69, 9.17) is 0 Å². The van der Waals surface area contributed by atoms with Gasteiger partial charge in [-0.2, -0.15) is 30.7 Å². The maximum atomic E-state index is 12.4. The van der Waals surface area contributed by atoms with Gasteiger partial charge in [-0.25, -0.2) is 0 Å². The first kappa shape index (κ1) is 13.2. The van der Waals surface area contributed by atoms with Crippen molar-refractivity contribution in [2.45, 2.75) is 30.9 Å². The van der Waals surface area contributed by atoms with Crippen LogP contribution < -0.4 is 0 Å². The van der Waals surface area contributed by atoms with Crippen LogP contribution >= 0.6 is 0 Å². The molecule has 0 aliphatic heterocycles. The van der Waals surface area contributed by atoms with Gasteiger partial charge in [0, 0.05) is 12.8 Å². The van der Waals surface area contributed by atoms with Crippen molar-refractivity contribution >= 4 is 0 Å². The van der Waals surface area contributed by atoms with Crippen LogP contribution in [0.25, 0.3) is 0 Å². The molecule has 0 rings (SSSR count). The van der Waals surface area contributed by atoms with E-state index in [0.717, 1.165) is 0 Å². The Morgan fingerprint density at radius 2 is 1.29 bits per heavy atom. The second kappa shape index (κ2) is 3.78. The molecule has 0 aliphatic carbocycles. The third-order valence-corrected chi connectivity index (χ3v) is 1.47. The summed E-state index contributed by atoms with van der Waals surface area (Å²) in [6, 6.07) is 0. The summed E-state index contributed by atoms with van der Waals surface area (Å²) in [4.78, 5) is 0. The summed E-state index contributed by atoms with van der Waals surface area (Å²) in [5.41, 5.74) is 0. The highest BCUT2D eigenvalue weighted by Gasteiger charge is 2.54. The van der Waals surface area contributed by atoms with E-state index in [0.29, 0.717) is 0 Å². The fraction of sp³-hybridized carbons (Fsp3) is 0.714. The van der Waals surface area contributed by atoms with E-state index in [-0.39, 0.29) is 6.08 Å². The zero-order valence-corrected chi connectivity index (χ0v) is 6.84. The van der Waals surface area contributed by atoms with E-state index in [1.54, 1.807) is 0 Å². The molecule has 0 saturated carbocycles. The van der Waals surface area contributed by atoms with E-state index in [1.807, 2.05) is 0 Å². The summed E-state index contributed by atoms with van der Waals surface area (Å²) in [5.74, 6) is -9.33. The fourth-order valence-corrected chi connectivity index (χ4v) is 0.615. The molecule has 7 heteroatoms. The van der Waals surface area contributed by atoms with Crippen molar-refractivity contribution in [2.75, 3.05) is 0 Å². The Bertz CT molecular complexity index is 203. The van der Waals surface area contributed by atoms with Gasteiger partial charge in [0.2, 0.25) is 0 Å². The molecular formula is C7H7F7. The number of hydrogen-bond acceptors (Lipinski definition) is 0. The maximum absolute atomic E-state index is 12.4. The molecule has 0 saturated heterocycles. The largest absolute Gasteiger partial charge is 0.389 e. The molecule has 0 nitrogen and oxygen atoms in total. The molecule has 0 aromatic heterocycles. The zero-order valence-electron chi connectivity index (χ0n) is 6.84. The van der Waals surface area contributed by atoms with Crippen molar-refractivity contribution in [1.29, 1.82) is 0 Å².